The van der Waals surface area contributed by atoms with Gasteiger partial charge in [0.2, 0.25) is 0 Å². The lowest BCUT2D eigenvalue weighted by atomic mass is 10.1. The summed E-state index contributed by atoms with van der Waals surface area (Å²) in [7, 11) is 1.65. The van der Waals surface area contributed by atoms with Gasteiger partial charge in [-0.05, 0) is 12.8 Å². The Labute approximate surface area is 73.5 Å². The van der Waals surface area contributed by atoms with Gasteiger partial charge in [0.15, 0.2) is 0 Å². The minimum Gasteiger partial charge on any atom is -0.396 e. The number of methoxy groups -OCH3 is 1. The molecule has 0 aliphatic rings. The van der Waals surface area contributed by atoms with E-state index < -0.39 is 0 Å². The van der Waals surface area contributed by atoms with E-state index in [1.165, 1.54) is 0 Å². The van der Waals surface area contributed by atoms with Crippen LogP contribution in [0, 0.1) is 0 Å². The maximum absolute atomic E-state index is 8.67. The fourth-order valence-electron chi connectivity index (χ4n) is 1.03. The van der Waals surface area contributed by atoms with Crippen molar-refractivity contribution in [2.45, 2.75) is 18.9 Å². The van der Waals surface area contributed by atoms with Crippen LogP contribution in [0.2, 0.25) is 0 Å². The highest BCUT2D eigenvalue weighted by Gasteiger charge is 2.05. The molecule has 0 rings (SSSR count). The third kappa shape index (κ3) is 6.54. The maximum Gasteiger partial charge on any atom is 0.0587 e. The van der Waals surface area contributed by atoms with E-state index in [0.717, 1.165) is 6.54 Å². The summed E-state index contributed by atoms with van der Waals surface area (Å²) in [4.78, 5) is 0. The average molecular weight is 177 g/mol. The van der Waals surface area contributed by atoms with E-state index in [-0.39, 0.29) is 19.3 Å². The SMILES string of the molecule is COCCNC(CCO)CCO. The molecule has 0 aromatic rings. The highest BCUT2D eigenvalue weighted by Crippen LogP contribution is 1.95. The summed E-state index contributed by atoms with van der Waals surface area (Å²) in [5.74, 6) is 0. The van der Waals surface area contributed by atoms with Gasteiger partial charge in [-0.3, -0.25) is 0 Å². The van der Waals surface area contributed by atoms with Crippen molar-refractivity contribution in [2.24, 2.45) is 0 Å². The first-order chi connectivity index (χ1) is 5.85. The van der Waals surface area contributed by atoms with Crippen LogP contribution in [0.5, 0.6) is 0 Å². The third-order valence-corrected chi connectivity index (χ3v) is 1.69. The van der Waals surface area contributed by atoms with Crippen LogP contribution in [-0.2, 0) is 4.74 Å². The molecule has 0 fully saturated rings. The van der Waals surface area contributed by atoms with Crippen molar-refractivity contribution in [2.75, 3.05) is 33.5 Å². The zero-order chi connectivity index (χ0) is 9.23. The fourth-order valence-corrected chi connectivity index (χ4v) is 1.03. The molecule has 0 unspecified atom stereocenters. The quantitative estimate of drug-likeness (QED) is 0.431. The summed E-state index contributed by atoms with van der Waals surface area (Å²) in [5.41, 5.74) is 0. The number of hydrogen-bond donors (Lipinski definition) is 3. The first kappa shape index (κ1) is 11.8. The van der Waals surface area contributed by atoms with E-state index in [4.69, 9.17) is 14.9 Å². The van der Waals surface area contributed by atoms with Crippen molar-refractivity contribution in [1.82, 2.24) is 5.32 Å². The molecule has 4 nitrogen and oxygen atoms in total. The van der Waals surface area contributed by atoms with Gasteiger partial charge in [0.1, 0.15) is 0 Å². The second-order valence-corrected chi connectivity index (χ2v) is 2.67. The molecule has 0 spiro atoms. The van der Waals surface area contributed by atoms with Crippen molar-refractivity contribution in [3.63, 3.8) is 0 Å². The van der Waals surface area contributed by atoms with Crippen LogP contribution < -0.4 is 5.32 Å². The lowest BCUT2D eigenvalue weighted by molar-refractivity contribution is 0.183. The zero-order valence-electron chi connectivity index (χ0n) is 7.62. The molecule has 74 valence electrons. The first-order valence-electron chi connectivity index (χ1n) is 4.29. The molecular formula is C8H19NO3. The molecule has 0 saturated carbocycles. The molecule has 0 amide bonds. The van der Waals surface area contributed by atoms with Crippen molar-refractivity contribution in [1.29, 1.82) is 0 Å². The molecule has 0 aliphatic carbocycles. The number of rotatable bonds is 8. The minimum absolute atomic E-state index is 0.157. The van der Waals surface area contributed by atoms with Crippen LogP contribution >= 0.6 is 0 Å². The number of aliphatic hydroxyl groups excluding tert-OH is 2. The van der Waals surface area contributed by atoms with Gasteiger partial charge in [0.25, 0.3) is 0 Å². The molecule has 0 radical (unpaired) electrons. The van der Waals surface area contributed by atoms with Gasteiger partial charge in [-0.2, -0.15) is 0 Å². The summed E-state index contributed by atoms with van der Waals surface area (Å²) in [6.45, 7) is 1.74. The van der Waals surface area contributed by atoms with E-state index in [0.29, 0.717) is 19.4 Å². The van der Waals surface area contributed by atoms with E-state index in [9.17, 15) is 0 Å². The summed E-state index contributed by atoms with van der Waals surface area (Å²) >= 11 is 0. The predicted octanol–water partition coefficient (Wildman–Crippen LogP) is -0.644. The Bertz CT molecular complexity index is 84.4. The fraction of sp³-hybridized carbons (Fsp3) is 1.00. The van der Waals surface area contributed by atoms with Gasteiger partial charge in [-0.15, -0.1) is 0 Å². The molecule has 12 heavy (non-hydrogen) atoms. The van der Waals surface area contributed by atoms with E-state index in [1.54, 1.807) is 7.11 Å². The molecule has 0 saturated heterocycles. The summed E-state index contributed by atoms with van der Waals surface area (Å²) in [6.07, 6.45) is 1.37. The molecule has 3 N–H and O–H groups in total. The molecule has 0 heterocycles. The molecule has 4 heteroatoms. The van der Waals surface area contributed by atoms with Gasteiger partial charge >= 0.3 is 0 Å². The maximum atomic E-state index is 8.67. The van der Waals surface area contributed by atoms with E-state index >= 15 is 0 Å². The second kappa shape index (κ2) is 8.93. The number of ether oxygens (including phenoxy) is 1. The molecule has 0 aromatic heterocycles. The van der Waals surface area contributed by atoms with E-state index in [1.807, 2.05) is 0 Å². The predicted molar refractivity (Wildman–Crippen MR) is 47.1 cm³/mol. The Morgan fingerprint density at radius 1 is 1.25 bits per heavy atom. The van der Waals surface area contributed by atoms with Crippen molar-refractivity contribution >= 4 is 0 Å². The van der Waals surface area contributed by atoms with Gasteiger partial charge in [-0.25, -0.2) is 0 Å². The second-order valence-electron chi connectivity index (χ2n) is 2.67. The van der Waals surface area contributed by atoms with Gasteiger partial charge in [0, 0.05) is 32.9 Å². The lowest BCUT2D eigenvalue weighted by Crippen LogP contribution is -2.33. The summed E-state index contributed by atoms with van der Waals surface area (Å²) in [5, 5.41) is 20.5. The van der Waals surface area contributed by atoms with E-state index in [2.05, 4.69) is 5.32 Å². The Morgan fingerprint density at radius 2 is 1.83 bits per heavy atom. The van der Waals surface area contributed by atoms with Crippen molar-refractivity contribution < 1.29 is 14.9 Å². The van der Waals surface area contributed by atoms with Crippen LogP contribution in [0.3, 0.4) is 0 Å². The van der Waals surface area contributed by atoms with Crippen molar-refractivity contribution in [3.05, 3.63) is 0 Å². The monoisotopic (exact) mass is 177 g/mol. The molecular weight excluding hydrogens is 158 g/mol. The molecule has 0 bridgehead atoms. The Balaban J connectivity index is 3.34. The lowest BCUT2D eigenvalue weighted by Gasteiger charge is -2.15. The third-order valence-electron chi connectivity index (χ3n) is 1.69. The molecule has 0 atom stereocenters. The smallest absolute Gasteiger partial charge is 0.0587 e. The van der Waals surface area contributed by atoms with Crippen LogP contribution in [0.25, 0.3) is 0 Å². The standard InChI is InChI=1S/C8H19NO3/c1-12-7-4-9-8(2-5-10)3-6-11/h8-11H,2-7H2,1H3. The van der Waals surface area contributed by atoms with Gasteiger partial charge in [-0.1, -0.05) is 0 Å². The Hall–Kier alpha value is -0.160. The van der Waals surface area contributed by atoms with Crippen LogP contribution in [0.15, 0.2) is 0 Å². The summed E-state index contributed by atoms with van der Waals surface area (Å²) in [6, 6.07) is 0.204. The van der Waals surface area contributed by atoms with Crippen LogP contribution in [-0.4, -0.2) is 49.7 Å². The highest BCUT2D eigenvalue weighted by molar-refractivity contribution is 4.65. The van der Waals surface area contributed by atoms with Crippen LogP contribution in [0.1, 0.15) is 12.8 Å². The van der Waals surface area contributed by atoms with Gasteiger partial charge < -0.3 is 20.3 Å². The highest BCUT2D eigenvalue weighted by atomic mass is 16.5. The number of nitrogens with one attached hydrogen (secondary N) is 1. The Kier molecular flexibility index (Phi) is 8.81. The minimum atomic E-state index is 0.157. The van der Waals surface area contributed by atoms with Crippen molar-refractivity contribution in [3.8, 4) is 0 Å². The largest absolute Gasteiger partial charge is 0.396 e. The summed E-state index contributed by atoms with van der Waals surface area (Å²) < 4.78 is 4.86. The van der Waals surface area contributed by atoms with Gasteiger partial charge in [0.05, 0.1) is 6.61 Å². The number of aliphatic hydroxyl groups is 2. The molecule has 0 aliphatic heterocycles. The molecule has 0 aromatic carbocycles. The van der Waals surface area contributed by atoms with Crippen LogP contribution in [0.4, 0.5) is 0 Å². The Morgan fingerprint density at radius 3 is 2.25 bits per heavy atom. The number of hydrogen-bond acceptors (Lipinski definition) is 4. The topological polar surface area (TPSA) is 61.7 Å². The first-order valence-corrected chi connectivity index (χ1v) is 4.29. The average Bonchev–Trinajstić information content (AvgIpc) is 2.06. The normalized spacial score (nSPS) is 11.0. The zero-order valence-corrected chi connectivity index (χ0v) is 7.62.